The van der Waals surface area contributed by atoms with Gasteiger partial charge in [-0.25, -0.2) is 4.98 Å². The van der Waals surface area contributed by atoms with Gasteiger partial charge in [-0.15, -0.1) is 5.10 Å². The van der Waals surface area contributed by atoms with Crippen LogP contribution in [0.25, 0.3) is 11.4 Å². The topological polar surface area (TPSA) is 74.3 Å². The van der Waals surface area contributed by atoms with E-state index in [2.05, 4.69) is 32.2 Å². The van der Waals surface area contributed by atoms with E-state index in [4.69, 9.17) is 4.74 Å². The molecule has 1 aliphatic rings. The minimum atomic E-state index is 0.124. The predicted octanol–water partition coefficient (Wildman–Crippen LogP) is 2.92. The van der Waals surface area contributed by atoms with Crippen LogP contribution in [0.15, 0.2) is 59.8 Å². The van der Waals surface area contributed by atoms with Crippen molar-refractivity contribution in [2.24, 2.45) is 0 Å². The molecule has 1 aromatic heterocycles. The zero-order chi connectivity index (χ0) is 20.1. The van der Waals surface area contributed by atoms with Gasteiger partial charge < -0.3 is 14.5 Å². The van der Waals surface area contributed by atoms with E-state index in [9.17, 15) is 4.79 Å². The number of nitrogens with zero attached hydrogens (tertiary/aromatic N) is 4. The molecule has 0 bridgehead atoms. The summed E-state index contributed by atoms with van der Waals surface area (Å²) in [5, 5.41) is 7.73. The van der Waals surface area contributed by atoms with E-state index in [-0.39, 0.29) is 5.91 Å². The number of thioether (sulfide) groups is 1. The lowest BCUT2D eigenvalue weighted by Gasteiger charge is -2.36. The van der Waals surface area contributed by atoms with Crippen LogP contribution in [0.4, 0.5) is 5.69 Å². The first-order valence-electron chi connectivity index (χ1n) is 9.50. The van der Waals surface area contributed by atoms with Crippen LogP contribution in [0.1, 0.15) is 0 Å². The molecule has 8 heteroatoms. The van der Waals surface area contributed by atoms with E-state index in [1.807, 2.05) is 47.4 Å². The Morgan fingerprint density at radius 2 is 1.79 bits per heavy atom. The molecule has 1 saturated heterocycles. The van der Waals surface area contributed by atoms with Crippen molar-refractivity contribution in [1.29, 1.82) is 0 Å². The molecule has 0 aliphatic carbocycles. The van der Waals surface area contributed by atoms with E-state index in [1.54, 1.807) is 7.11 Å². The molecule has 2 heterocycles. The average Bonchev–Trinajstić information content (AvgIpc) is 3.27. The smallest absolute Gasteiger partial charge is 0.233 e. The van der Waals surface area contributed by atoms with Gasteiger partial charge in [0.15, 0.2) is 5.82 Å². The Kier molecular flexibility index (Phi) is 6.00. The number of piperazine rings is 1. The number of methoxy groups -OCH3 is 1. The van der Waals surface area contributed by atoms with Crippen LogP contribution in [0.3, 0.4) is 0 Å². The number of carbonyl (C=O) groups is 1. The summed E-state index contributed by atoms with van der Waals surface area (Å²) in [6.07, 6.45) is 0. The molecule has 0 saturated carbocycles. The number of ether oxygens (including phenoxy) is 1. The number of carbonyl (C=O) groups excluding carboxylic acids is 1. The number of hydrogen-bond acceptors (Lipinski definition) is 6. The second-order valence-corrected chi connectivity index (χ2v) is 7.63. The average molecular weight is 410 g/mol. The van der Waals surface area contributed by atoms with Gasteiger partial charge in [0.1, 0.15) is 5.75 Å². The Labute approximate surface area is 174 Å². The lowest BCUT2D eigenvalue weighted by molar-refractivity contribution is -0.128. The Morgan fingerprint density at radius 1 is 1.07 bits per heavy atom. The monoisotopic (exact) mass is 409 g/mol. The van der Waals surface area contributed by atoms with Crippen LogP contribution < -0.4 is 9.64 Å². The number of benzene rings is 2. The highest BCUT2D eigenvalue weighted by Crippen LogP contribution is 2.22. The lowest BCUT2D eigenvalue weighted by atomic mass is 10.2. The number of anilines is 1. The Morgan fingerprint density at radius 3 is 2.48 bits per heavy atom. The van der Waals surface area contributed by atoms with Crippen molar-refractivity contribution in [3.8, 4) is 17.1 Å². The molecule has 0 atom stereocenters. The van der Waals surface area contributed by atoms with E-state index >= 15 is 0 Å². The lowest BCUT2D eigenvalue weighted by Crippen LogP contribution is -2.49. The van der Waals surface area contributed by atoms with Gasteiger partial charge in [0.25, 0.3) is 0 Å². The standard InChI is InChI=1S/C21H23N5O2S/c1-28-18-9-7-16(8-10-18)20-22-21(24-23-20)29-15-19(27)26-13-11-25(12-14-26)17-5-3-2-4-6-17/h2-10H,11-15H2,1H3,(H,22,23,24). The summed E-state index contributed by atoms with van der Waals surface area (Å²) in [6, 6.07) is 17.9. The molecule has 1 N–H and O–H groups in total. The minimum Gasteiger partial charge on any atom is -0.497 e. The molecule has 4 rings (SSSR count). The van der Waals surface area contributed by atoms with Crippen molar-refractivity contribution in [3.63, 3.8) is 0 Å². The second-order valence-electron chi connectivity index (χ2n) is 6.69. The summed E-state index contributed by atoms with van der Waals surface area (Å²) in [7, 11) is 1.64. The van der Waals surface area contributed by atoms with Crippen LogP contribution >= 0.6 is 11.8 Å². The Bertz CT molecular complexity index is 937. The number of H-pyrrole nitrogens is 1. The molecule has 1 amide bonds. The number of hydrogen-bond donors (Lipinski definition) is 1. The molecule has 0 radical (unpaired) electrons. The number of nitrogens with one attached hydrogen (secondary N) is 1. The van der Waals surface area contributed by atoms with Gasteiger partial charge in [-0.2, -0.15) is 0 Å². The molecule has 2 aromatic carbocycles. The van der Waals surface area contributed by atoms with Crippen molar-refractivity contribution in [1.82, 2.24) is 20.1 Å². The maximum Gasteiger partial charge on any atom is 0.233 e. The number of amides is 1. The van der Waals surface area contributed by atoms with Crippen LogP contribution in [0.2, 0.25) is 0 Å². The molecule has 1 aliphatic heterocycles. The van der Waals surface area contributed by atoms with E-state index in [0.29, 0.717) is 16.7 Å². The largest absolute Gasteiger partial charge is 0.497 e. The van der Waals surface area contributed by atoms with Gasteiger partial charge in [-0.3, -0.25) is 9.89 Å². The van der Waals surface area contributed by atoms with Crippen molar-refractivity contribution < 1.29 is 9.53 Å². The summed E-state index contributed by atoms with van der Waals surface area (Å²) < 4.78 is 5.17. The van der Waals surface area contributed by atoms with Crippen molar-refractivity contribution in [2.75, 3.05) is 43.9 Å². The van der Waals surface area contributed by atoms with E-state index < -0.39 is 0 Å². The molecule has 0 unspecified atom stereocenters. The van der Waals surface area contributed by atoms with Gasteiger partial charge in [0.2, 0.25) is 11.1 Å². The van der Waals surface area contributed by atoms with Crippen LogP contribution in [0, 0.1) is 0 Å². The van der Waals surface area contributed by atoms with E-state index in [0.717, 1.165) is 37.5 Å². The maximum atomic E-state index is 12.6. The highest BCUT2D eigenvalue weighted by Gasteiger charge is 2.21. The van der Waals surface area contributed by atoms with Crippen molar-refractivity contribution in [3.05, 3.63) is 54.6 Å². The van der Waals surface area contributed by atoms with Gasteiger partial charge in [-0.1, -0.05) is 30.0 Å². The van der Waals surface area contributed by atoms with Gasteiger partial charge in [0.05, 0.1) is 12.9 Å². The molecule has 1 fully saturated rings. The quantitative estimate of drug-likeness (QED) is 0.631. The van der Waals surface area contributed by atoms with Gasteiger partial charge in [0, 0.05) is 37.4 Å². The molecule has 3 aromatic rings. The third-order valence-electron chi connectivity index (χ3n) is 4.91. The SMILES string of the molecule is COc1ccc(-c2nc(SCC(=O)N3CCN(c4ccccc4)CC3)n[nH]2)cc1. The molecule has 29 heavy (non-hydrogen) atoms. The summed E-state index contributed by atoms with van der Waals surface area (Å²) >= 11 is 1.36. The van der Waals surface area contributed by atoms with Crippen LogP contribution in [-0.4, -0.2) is 65.0 Å². The first-order valence-corrected chi connectivity index (χ1v) is 10.5. The zero-order valence-electron chi connectivity index (χ0n) is 16.2. The zero-order valence-corrected chi connectivity index (χ0v) is 17.1. The molecule has 150 valence electrons. The normalized spacial score (nSPS) is 14.1. The summed E-state index contributed by atoms with van der Waals surface area (Å²) in [5.74, 6) is 1.93. The predicted molar refractivity (Wildman–Crippen MR) is 114 cm³/mol. The van der Waals surface area contributed by atoms with Gasteiger partial charge >= 0.3 is 0 Å². The fourth-order valence-corrected chi connectivity index (χ4v) is 3.96. The third kappa shape index (κ3) is 4.71. The minimum absolute atomic E-state index is 0.124. The van der Waals surface area contributed by atoms with Crippen LogP contribution in [-0.2, 0) is 4.79 Å². The highest BCUT2D eigenvalue weighted by atomic mass is 32.2. The highest BCUT2D eigenvalue weighted by molar-refractivity contribution is 7.99. The summed E-state index contributed by atoms with van der Waals surface area (Å²) in [4.78, 5) is 21.3. The molecular weight excluding hydrogens is 386 g/mol. The maximum absolute atomic E-state index is 12.6. The Balaban J connectivity index is 1.27. The molecule has 7 nitrogen and oxygen atoms in total. The first-order chi connectivity index (χ1) is 14.2. The van der Waals surface area contributed by atoms with Crippen molar-refractivity contribution >= 4 is 23.4 Å². The first kappa shape index (κ1) is 19.3. The third-order valence-corrected chi connectivity index (χ3v) is 5.74. The van der Waals surface area contributed by atoms with Crippen molar-refractivity contribution in [2.45, 2.75) is 5.16 Å². The van der Waals surface area contributed by atoms with Gasteiger partial charge in [-0.05, 0) is 36.4 Å². The molecule has 0 spiro atoms. The number of rotatable bonds is 6. The number of aromatic amines is 1. The Hall–Kier alpha value is -3.00. The fourth-order valence-electron chi connectivity index (χ4n) is 3.26. The van der Waals surface area contributed by atoms with Crippen LogP contribution in [0.5, 0.6) is 5.75 Å². The summed E-state index contributed by atoms with van der Waals surface area (Å²) in [5.41, 5.74) is 2.13. The summed E-state index contributed by atoms with van der Waals surface area (Å²) in [6.45, 7) is 3.17. The number of para-hydroxylation sites is 1. The van der Waals surface area contributed by atoms with E-state index in [1.165, 1.54) is 17.4 Å². The number of aromatic nitrogens is 3. The molecular formula is C21H23N5O2S. The second kappa shape index (κ2) is 9.00. The fraction of sp³-hybridized carbons (Fsp3) is 0.286.